The number of nitrogens with one attached hydrogen (secondary N) is 1. The quantitative estimate of drug-likeness (QED) is 0.780. The van der Waals surface area contributed by atoms with Gasteiger partial charge in [-0.1, -0.05) is 6.07 Å². The highest BCUT2D eigenvalue weighted by Crippen LogP contribution is 2.35. The molecule has 2 heterocycles. The van der Waals surface area contributed by atoms with Gasteiger partial charge in [0.1, 0.15) is 17.1 Å². The van der Waals surface area contributed by atoms with Crippen molar-refractivity contribution in [2.75, 3.05) is 5.75 Å². The minimum Gasteiger partial charge on any atom is -0.438 e. The van der Waals surface area contributed by atoms with Crippen LogP contribution in [0, 0.1) is 11.7 Å². The molecule has 0 saturated heterocycles. The van der Waals surface area contributed by atoms with Gasteiger partial charge in [-0.05, 0) is 55.9 Å². The average Bonchev–Trinajstić information content (AvgIpc) is 3.17. The fourth-order valence-corrected chi connectivity index (χ4v) is 4.87. The number of carbonyl (C=O) groups is 2. The minimum atomic E-state index is -0.607. The average molecular weight is 415 g/mol. The number of carbonyl (C=O) groups excluding carboxylic acids is 2. The van der Waals surface area contributed by atoms with Crippen molar-refractivity contribution in [2.45, 2.75) is 43.0 Å². The highest BCUT2D eigenvalue weighted by atomic mass is 32.2. The number of benzene rings is 1. The lowest BCUT2D eigenvalue weighted by atomic mass is 9.85. The Balaban J connectivity index is 1.48. The van der Waals surface area contributed by atoms with Gasteiger partial charge in [0.05, 0.1) is 6.20 Å². The van der Waals surface area contributed by atoms with Crippen LogP contribution in [0.3, 0.4) is 0 Å². The van der Waals surface area contributed by atoms with Crippen LogP contribution >= 0.6 is 11.8 Å². The summed E-state index contributed by atoms with van der Waals surface area (Å²) in [7, 11) is 0. The summed E-state index contributed by atoms with van der Waals surface area (Å²) in [5.41, 5.74) is 6.68. The van der Waals surface area contributed by atoms with Gasteiger partial charge in [0.2, 0.25) is 11.8 Å². The van der Waals surface area contributed by atoms with E-state index in [1.807, 2.05) is 18.2 Å². The Kier molecular flexibility index (Phi) is 5.71. The molecule has 6 nitrogen and oxygen atoms in total. The second-order valence-corrected chi connectivity index (χ2v) is 8.54. The maximum Gasteiger partial charge on any atom is 0.257 e. The zero-order valence-corrected chi connectivity index (χ0v) is 16.6. The van der Waals surface area contributed by atoms with Crippen molar-refractivity contribution in [1.82, 2.24) is 10.3 Å². The van der Waals surface area contributed by atoms with E-state index in [4.69, 9.17) is 10.5 Å². The lowest BCUT2D eigenvalue weighted by Crippen LogP contribution is -2.40. The van der Waals surface area contributed by atoms with Gasteiger partial charge < -0.3 is 15.8 Å². The molecule has 152 valence electrons. The molecule has 2 aromatic rings. The van der Waals surface area contributed by atoms with Crippen molar-refractivity contribution >= 4 is 23.6 Å². The summed E-state index contributed by atoms with van der Waals surface area (Å²) in [5, 5.41) is 2.91. The Hall–Kier alpha value is -2.61. The van der Waals surface area contributed by atoms with E-state index in [-0.39, 0.29) is 29.3 Å². The van der Waals surface area contributed by atoms with E-state index in [9.17, 15) is 14.0 Å². The van der Waals surface area contributed by atoms with E-state index in [0.717, 1.165) is 29.3 Å². The highest BCUT2D eigenvalue weighted by Gasteiger charge is 2.27. The van der Waals surface area contributed by atoms with E-state index in [1.165, 1.54) is 5.56 Å². The number of ether oxygens (including phenoxy) is 1. The second-order valence-electron chi connectivity index (χ2n) is 7.40. The van der Waals surface area contributed by atoms with Gasteiger partial charge in [0.25, 0.3) is 5.91 Å². The molecule has 3 N–H and O–H groups in total. The summed E-state index contributed by atoms with van der Waals surface area (Å²) in [6.45, 7) is 0. The predicted molar refractivity (Wildman–Crippen MR) is 108 cm³/mol. The molecule has 4 rings (SSSR count). The minimum absolute atomic E-state index is 0.0511. The topological polar surface area (TPSA) is 94.3 Å². The Bertz CT molecular complexity index is 945. The molecule has 0 unspecified atom stereocenters. The van der Waals surface area contributed by atoms with E-state index in [2.05, 4.69) is 10.3 Å². The van der Waals surface area contributed by atoms with Gasteiger partial charge >= 0.3 is 0 Å². The largest absolute Gasteiger partial charge is 0.438 e. The summed E-state index contributed by atoms with van der Waals surface area (Å²) in [5.74, 6) is 0.183. The van der Waals surface area contributed by atoms with Crippen molar-refractivity contribution in [2.24, 2.45) is 11.7 Å². The normalized spacial score (nSPS) is 20.7. The summed E-state index contributed by atoms with van der Waals surface area (Å²) < 4.78 is 19.6. The Morgan fingerprint density at radius 1 is 1.21 bits per heavy atom. The molecular weight excluding hydrogens is 393 g/mol. The first-order valence-electron chi connectivity index (χ1n) is 9.69. The van der Waals surface area contributed by atoms with Gasteiger partial charge in [-0.15, -0.1) is 11.8 Å². The van der Waals surface area contributed by atoms with E-state index >= 15 is 0 Å². The van der Waals surface area contributed by atoms with Crippen molar-refractivity contribution in [3.63, 3.8) is 0 Å². The zero-order valence-electron chi connectivity index (χ0n) is 15.8. The number of amides is 2. The van der Waals surface area contributed by atoms with Gasteiger partial charge in [0, 0.05) is 22.6 Å². The number of hydrogen-bond acceptors (Lipinski definition) is 5. The fraction of sp³-hybridized carbons (Fsp3) is 0.381. The maximum atomic E-state index is 13.8. The molecule has 2 aliphatic rings. The van der Waals surface area contributed by atoms with Crippen LogP contribution in [0.1, 0.15) is 41.6 Å². The van der Waals surface area contributed by atoms with Crippen LogP contribution in [0.15, 0.2) is 35.4 Å². The molecule has 1 saturated carbocycles. The Labute approximate surface area is 172 Å². The smallest absolute Gasteiger partial charge is 0.257 e. The van der Waals surface area contributed by atoms with Crippen LogP contribution < -0.4 is 15.8 Å². The van der Waals surface area contributed by atoms with Crippen LogP contribution in [0.2, 0.25) is 0 Å². The first-order chi connectivity index (χ1) is 14.0. The van der Waals surface area contributed by atoms with Gasteiger partial charge in [-0.3, -0.25) is 9.59 Å². The molecule has 0 radical (unpaired) electrons. The van der Waals surface area contributed by atoms with Crippen molar-refractivity contribution in [3.05, 3.63) is 47.4 Å². The molecule has 0 bridgehead atoms. The van der Waals surface area contributed by atoms with E-state index in [0.29, 0.717) is 31.4 Å². The number of hydrogen-bond donors (Lipinski definition) is 2. The maximum absolute atomic E-state index is 13.8. The number of thioether (sulfide) groups is 1. The molecule has 0 spiro atoms. The van der Waals surface area contributed by atoms with Crippen LogP contribution in [-0.2, 0) is 11.2 Å². The standard InChI is InChI=1S/C21H22FN3O3S/c22-14-9-17(20(27)25-15-4-1-13(2-5-15)19(23)26)21(24-11-14)28-16-6-3-12-7-8-29-18(12)10-16/h3,6,9-11,13,15H,1-2,4-5,7-8H2,(H2,23,26)(H,25,27). The second kappa shape index (κ2) is 8.41. The molecule has 1 aliphatic carbocycles. The Morgan fingerprint density at radius 3 is 2.76 bits per heavy atom. The van der Waals surface area contributed by atoms with Crippen LogP contribution in [0.5, 0.6) is 11.6 Å². The van der Waals surface area contributed by atoms with Crippen molar-refractivity contribution < 1.29 is 18.7 Å². The molecule has 1 aliphatic heterocycles. The molecule has 2 amide bonds. The predicted octanol–water partition coefficient (Wildman–Crippen LogP) is 3.44. The number of nitrogens with zero attached hydrogens (tertiary/aromatic N) is 1. The number of halogens is 1. The first-order valence-corrected chi connectivity index (χ1v) is 10.7. The summed E-state index contributed by atoms with van der Waals surface area (Å²) in [6.07, 6.45) is 4.64. The van der Waals surface area contributed by atoms with Gasteiger partial charge in [0.15, 0.2) is 0 Å². The molecule has 29 heavy (non-hydrogen) atoms. The lowest BCUT2D eigenvalue weighted by Gasteiger charge is -2.27. The number of rotatable bonds is 5. The van der Waals surface area contributed by atoms with E-state index < -0.39 is 11.7 Å². The summed E-state index contributed by atoms with van der Waals surface area (Å²) in [6, 6.07) is 6.80. The number of pyridine rings is 1. The van der Waals surface area contributed by atoms with Gasteiger partial charge in [-0.2, -0.15) is 0 Å². The summed E-state index contributed by atoms with van der Waals surface area (Å²) in [4.78, 5) is 29.2. The lowest BCUT2D eigenvalue weighted by molar-refractivity contribution is -0.122. The van der Waals surface area contributed by atoms with Gasteiger partial charge in [-0.25, -0.2) is 9.37 Å². The molecule has 1 aromatic heterocycles. The Morgan fingerprint density at radius 2 is 2.00 bits per heavy atom. The number of aryl methyl sites for hydroxylation is 1. The van der Waals surface area contributed by atoms with E-state index in [1.54, 1.807) is 11.8 Å². The fourth-order valence-electron chi connectivity index (χ4n) is 3.78. The number of fused-ring (bicyclic) bond motifs is 1. The van der Waals surface area contributed by atoms with Crippen LogP contribution in [0.4, 0.5) is 4.39 Å². The number of aromatic nitrogens is 1. The molecular formula is C21H22FN3O3S. The third kappa shape index (κ3) is 4.53. The molecule has 0 atom stereocenters. The monoisotopic (exact) mass is 415 g/mol. The SMILES string of the molecule is NC(=O)C1CCC(NC(=O)c2cc(F)cnc2Oc2ccc3c(c2)SCC3)CC1. The summed E-state index contributed by atoms with van der Waals surface area (Å²) >= 11 is 1.76. The van der Waals surface area contributed by atoms with Crippen molar-refractivity contribution in [1.29, 1.82) is 0 Å². The number of nitrogens with two attached hydrogens (primary N) is 1. The number of primary amides is 1. The third-order valence-corrected chi connectivity index (χ3v) is 6.51. The van der Waals surface area contributed by atoms with Crippen molar-refractivity contribution in [3.8, 4) is 11.6 Å². The zero-order chi connectivity index (χ0) is 20.4. The first kappa shape index (κ1) is 19.7. The molecule has 1 aromatic carbocycles. The molecule has 8 heteroatoms. The van der Waals surface area contributed by atoms with Crippen LogP contribution in [0.25, 0.3) is 0 Å². The third-order valence-electron chi connectivity index (χ3n) is 5.41. The molecule has 1 fully saturated rings. The highest BCUT2D eigenvalue weighted by molar-refractivity contribution is 7.99. The van der Waals surface area contributed by atoms with Crippen LogP contribution in [-0.4, -0.2) is 28.6 Å².